The Morgan fingerprint density at radius 3 is 2.48 bits per heavy atom. The monoisotopic (exact) mass is 371 g/mol. The van der Waals surface area contributed by atoms with Crippen LogP contribution in [0.1, 0.15) is 37.0 Å². The van der Waals surface area contributed by atoms with Gasteiger partial charge < -0.3 is 10.2 Å². The number of hydrogen-bond donors (Lipinski definition) is 2. The Morgan fingerprint density at radius 2 is 1.88 bits per heavy atom. The predicted molar refractivity (Wildman–Crippen MR) is 98.6 cm³/mol. The minimum Gasteiger partial charge on any atom is -0.352 e. The molecular formula is C18H27F2N3OS. The number of carbonyl (C=O) groups excluding carboxylic acids is 1. The lowest BCUT2D eigenvalue weighted by molar-refractivity contribution is 0.0935. The van der Waals surface area contributed by atoms with E-state index in [9.17, 15) is 13.6 Å². The molecular weight excluding hydrogens is 344 g/mol. The number of nitrogens with zero attached hydrogens (tertiary/aromatic N) is 1. The van der Waals surface area contributed by atoms with Crippen molar-refractivity contribution in [2.45, 2.75) is 31.9 Å². The van der Waals surface area contributed by atoms with Gasteiger partial charge in [-0.2, -0.15) is 0 Å². The van der Waals surface area contributed by atoms with E-state index in [1.54, 1.807) is 11.9 Å². The Hall–Kier alpha value is -1.18. The molecule has 0 spiro atoms. The highest BCUT2D eigenvalue weighted by molar-refractivity contribution is 7.97. The molecule has 1 amide bonds. The minimum atomic E-state index is -0.734. The molecule has 1 aromatic carbocycles. The van der Waals surface area contributed by atoms with Crippen LogP contribution in [0.2, 0.25) is 0 Å². The van der Waals surface area contributed by atoms with Crippen LogP contribution in [0.4, 0.5) is 8.78 Å². The smallest absolute Gasteiger partial charge is 0.251 e. The number of nitrogens with one attached hydrogen (secondary N) is 2. The Balaban J connectivity index is 1.65. The first-order valence-electron chi connectivity index (χ1n) is 8.79. The third-order valence-electron chi connectivity index (χ3n) is 4.23. The molecule has 0 aliphatic carbocycles. The van der Waals surface area contributed by atoms with Gasteiger partial charge in [-0.3, -0.25) is 9.52 Å². The maximum atomic E-state index is 13.2. The number of amides is 1. The zero-order valence-electron chi connectivity index (χ0n) is 14.9. The zero-order chi connectivity index (χ0) is 18.2. The molecule has 0 saturated carbocycles. The quantitative estimate of drug-likeness (QED) is 0.545. The van der Waals surface area contributed by atoms with Gasteiger partial charge in [-0.05, 0) is 44.0 Å². The van der Waals surface area contributed by atoms with Crippen molar-refractivity contribution >= 4 is 17.9 Å². The van der Waals surface area contributed by atoms with Gasteiger partial charge in [0.15, 0.2) is 0 Å². The summed E-state index contributed by atoms with van der Waals surface area (Å²) >= 11 is 1.75. The molecule has 7 heteroatoms. The molecule has 2 rings (SSSR count). The van der Waals surface area contributed by atoms with Crippen molar-refractivity contribution in [1.29, 1.82) is 0 Å². The number of hydrogen-bond acceptors (Lipinski definition) is 4. The Labute approximate surface area is 152 Å². The van der Waals surface area contributed by atoms with E-state index in [-0.39, 0.29) is 5.56 Å². The van der Waals surface area contributed by atoms with Crippen LogP contribution < -0.4 is 10.0 Å². The first-order valence-corrected chi connectivity index (χ1v) is 9.67. The molecule has 140 valence electrons. The number of rotatable bonds is 8. The minimum absolute atomic E-state index is 0.0312. The molecule has 1 aliphatic heterocycles. The fourth-order valence-corrected chi connectivity index (χ4v) is 3.41. The second-order valence-corrected chi connectivity index (χ2v) is 8.18. The van der Waals surface area contributed by atoms with Crippen LogP contribution in [-0.4, -0.2) is 48.8 Å². The number of likely N-dealkylation sites (tertiary alicyclic amines) is 1. The highest BCUT2D eigenvalue weighted by Gasteiger charge is 2.20. The van der Waals surface area contributed by atoms with Gasteiger partial charge in [-0.25, -0.2) is 8.78 Å². The van der Waals surface area contributed by atoms with Gasteiger partial charge in [0.25, 0.3) is 5.91 Å². The summed E-state index contributed by atoms with van der Waals surface area (Å²) in [7, 11) is 0. The number of benzene rings is 1. The molecule has 4 nitrogen and oxygen atoms in total. The zero-order valence-corrected chi connectivity index (χ0v) is 15.7. The maximum Gasteiger partial charge on any atom is 0.251 e. The van der Waals surface area contributed by atoms with Crippen molar-refractivity contribution in [2.24, 2.45) is 5.92 Å². The fourth-order valence-electron chi connectivity index (χ4n) is 2.87. The topological polar surface area (TPSA) is 44.4 Å². The van der Waals surface area contributed by atoms with Crippen LogP contribution in [0.5, 0.6) is 0 Å². The summed E-state index contributed by atoms with van der Waals surface area (Å²) in [6, 6.07) is 2.88. The lowest BCUT2D eigenvalue weighted by atomic mass is 9.96. The second-order valence-electron chi connectivity index (χ2n) is 6.71. The van der Waals surface area contributed by atoms with E-state index in [4.69, 9.17) is 0 Å². The third kappa shape index (κ3) is 7.30. The summed E-state index contributed by atoms with van der Waals surface area (Å²) < 4.78 is 29.7. The van der Waals surface area contributed by atoms with Crippen LogP contribution in [-0.2, 0) is 0 Å². The molecule has 0 atom stereocenters. The van der Waals surface area contributed by atoms with Crippen molar-refractivity contribution in [2.75, 3.05) is 32.7 Å². The average molecular weight is 371 g/mol. The van der Waals surface area contributed by atoms with Crippen molar-refractivity contribution in [3.8, 4) is 0 Å². The van der Waals surface area contributed by atoms with E-state index in [1.807, 2.05) is 0 Å². The summed E-state index contributed by atoms with van der Waals surface area (Å²) in [6.45, 7) is 8.90. The van der Waals surface area contributed by atoms with Crippen molar-refractivity contribution in [1.82, 2.24) is 14.9 Å². The standard InChI is InChI=1S/C18H27F2N3OS/c1-13(2)25-22-5-8-23-6-3-14(4-7-23)12-21-18(24)15-9-16(19)11-17(20)10-15/h9-11,13-14,22H,3-8,12H2,1-2H3,(H,21,24). The molecule has 0 bridgehead atoms. The lowest BCUT2D eigenvalue weighted by Gasteiger charge is -2.32. The Morgan fingerprint density at radius 1 is 1.24 bits per heavy atom. The van der Waals surface area contributed by atoms with E-state index in [0.29, 0.717) is 17.7 Å². The summed E-state index contributed by atoms with van der Waals surface area (Å²) in [4.78, 5) is 14.4. The second kappa shape index (κ2) is 10.1. The first-order chi connectivity index (χ1) is 11.9. The van der Waals surface area contributed by atoms with Crippen LogP contribution in [0.25, 0.3) is 0 Å². The Bertz CT molecular complexity index is 543. The predicted octanol–water partition coefficient (Wildman–Crippen LogP) is 3.05. The van der Waals surface area contributed by atoms with Crippen LogP contribution in [0.15, 0.2) is 18.2 Å². The van der Waals surface area contributed by atoms with E-state index >= 15 is 0 Å². The molecule has 1 aliphatic rings. The van der Waals surface area contributed by atoms with Crippen LogP contribution >= 0.6 is 11.9 Å². The van der Waals surface area contributed by atoms with Crippen molar-refractivity contribution < 1.29 is 13.6 Å². The third-order valence-corrected chi connectivity index (χ3v) is 5.07. The lowest BCUT2D eigenvalue weighted by Crippen LogP contribution is -2.40. The van der Waals surface area contributed by atoms with Gasteiger partial charge in [-0.15, -0.1) is 0 Å². The summed E-state index contributed by atoms with van der Waals surface area (Å²) in [5.41, 5.74) is 0.0312. The molecule has 0 aromatic heterocycles. The van der Waals surface area contributed by atoms with E-state index < -0.39 is 17.5 Å². The summed E-state index contributed by atoms with van der Waals surface area (Å²) in [5.74, 6) is -1.47. The normalized spacial score (nSPS) is 16.4. The molecule has 1 fully saturated rings. The first kappa shape index (κ1) is 20.1. The molecule has 0 radical (unpaired) electrons. The van der Waals surface area contributed by atoms with Gasteiger partial charge >= 0.3 is 0 Å². The van der Waals surface area contributed by atoms with Gasteiger partial charge in [-0.1, -0.05) is 25.8 Å². The largest absolute Gasteiger partial charge is 0.352 e. The summed E-state index contributed by atoms with van der Waals surface area (Å²) in [6.07, 6.45) is 2.05. The molecule has 1 saturated heterocycles. The molecule has 1 aromatic rings. The Kier molecular flexibility index (Phi) is 8.12. The number of carbonyl (C=O) groups is 1. The summed E-state index contributed by atoms with van der Waals surface area (Å²) in [5, 5.41) is 3.38. The van der Waals surface area contributed by atoms with E-state index in [1.165, 1.54) is 0 Å². The SMILES string of the molecule is CC(C)SNCCN1CCC(CNC(=O)c2cc(F)cc(F)c2)CC1. The molecule has 25 heavy (non-hydrogen) atoms. The van der Waals surface area contributed by atoms with Crippen LogP contribution in [0, 0.1) is 17.6 Å². The highest BCUT2D eigenvalue weighted by Crippen LogP contribution is 2.16. The number of halogens is 2. The highest BCUT2D eigenvalue weighted by atomic mass is 32.2. The molecule has 0 unspecified atom stereocenters. The van der Waals surface area contributed by atoms with E-state index in [2.05, 4.69) is 28.8 Å². The number of piperidine rings is 1. The van der Waals surface area contributed by atoms with Crippen LogP contribution in [0.3, 0.4) is 0 Å². The molecule has 2 N–H and O–H groups in total. The van der Waals surface area contributed by atoms with Crippen molar-refractivity contribution in [3.05, 3.63) is 35.4 Å². The van der Waals surface area contributed by atoms with E-state index in [0.717, 1.165) is 57.2 Å². The molecule has 1 heterocycles. The average Bonchev–Trinajstić information content (AvgIpc) is 2.56. The maximum absolute atomic E-state index is 13.2. The van der Waals surface area contributed by atoms with Gasteiger partial charge in [0.2, 0.25) is 0 Å². The van der Waals surface area contributed by atoms with Gasteiger partial charge in [0.05, 0.1) is 0 Å². The van der Waals surface area contributed by atoms with Gasteiger partial charge in [0, 0.05) is 36.5 Å². The fraction of sp³-hybridized carbons (Fsp3) is 0.611. The van der Waals surface area contributed by atoms with Crippen molar-refractivity contribution in [3.63, 3.8) is 0 Å². The van der Waals surface area contributed by atoms with Gasteiger partial charge in [0.1, 0.15) is 11.6 Å².